The highest BCUT2D eigenvalue weighted by molar-refractivity contribution is 7.89. The second kappa shape index (κ2) is 5.98. The zero-order chi connectivity index (χ0) is 18.5. The predicted molar refractivity (Wildman–Crippen MR) is 93.1 cm³/mol. The highest BCUT2D eigenvalue weighted by atomic mass is 35.5. The second-order valence-electron chi connectivity index (χ2n) is 6.21. The number of hydrogen-bond acceptors (Lipinski definition) is 7. The fourth-order valence-electron chi connectivity index (χ4n) is 3.10. The average molecular weight is 395 g/mol. The number of nitrogens with zero attached hydrogens (tertiary/aromatic N) is 4. The summed E-state index contributed by atoms with van der Waals surface area (Å²) in [4.78, 5) is 8.29. The fraction of sp³-hybridized carbons (Fsp3) is 0.312. The van der Waals surface area contributed by atoms with Gasteiger partial charge in [-0.2, -0.15) is 9.29 Å². The van der Waals surface area contributed by atoms with Crippen molar-refractivity contribution in [3.63, 3.8) is 0 Å². The minimum atomic E-state index is -3.87. The maximum absolute atomic E-state index is 13.2. The lowest BCUT2D eigenvalue weighted by Gasteiger charge is -2.20. The molecule has 0 spiro atoms. The molecule has 1 aromatic carbocycles. The molecule has 8 nitrogen and oxygen atoms in total. The smallest absolute Gasteiger partial charge is 0.260 e. The third-order valence-corrected chi connectivity index (χ3v) is 6.64. The largest absolute Gasteiger partial charge is 0.379 e. The van der Waals surface area contributed by atoms with Crippen LogP contribution in [0.2, 0.25) is 5.02 Å². The Morgan fingerprint density at radius 3 is 2.88 bits per heavy atom. The van der Waals surface area contributed by atoms with Crippen molar-refractivity contribution in [2.75, 3.05) is 13.1 Å². The molecule has 1 atom stereocenters. The highest BCUT2D eigenvalue weighted by Gasteiger charge is 2.46. The molecule has 3 heterocycles. The van der Waals surface area contributed by atoms with Crippen LogP contribution in [0.15, 0.2) is 39.9 Å². The molecule has 1 aliphatic heterocycles. The first kappa shape index (κ1) is 17.3. The zero-order valence-corrected chi connectivity index (χ0v) is 15.3. The number of hydrogen-bond donors (Lipinski definition) is 1. The molecule has 1 fully saturated rings. The zero-order valence-electron chi connectivity index (χ0n) is 13.8. The first-order valence-electron chi connectivity index (χ1n) is 7.88. The number of aliphatic hydroxyl groups is 1. The van der Waals surface area contributed by atoms with Crippen LogP contribution in [-0.4, -0.2) is 46.0 Å². The molecule has 10 heteroatoms. The summed E-state index contributed by atoms with van der Waals surface area (Å²) < 4.78 is 32.6. The summed E-state index contributed by atoms with van der Waals surface area (Å²) in [6.45, 7) is 1.60. The van der Waals surface area contributed by atoms with Crippen LogP contribution in [0.4, 0.5) is 0 Å². The van der Waals surface area contributed by atoms with Crippen LogP contribution in [0.25, 0.3) is 10.9 Å². The van der Waals surface area contributed by atoms with Gasteiger partial charge in [-0.25, -0.2) is 8.42 Å². The van der Waals surface area contributed by atoms with Crippen LogP contribution in [0, 0.1) is 6.92 Å². The van der Waals surface area contributed by atoms with Gasteiger partial charge in [0.2, 0.25) is 10.0 Å². The van der Waals surface area contributed by atoms with Crippen molar-refractivity contribution in [3.8, 4) is 0 Å². The molecular weight excluding hydrogens is 380 g/mol. The summed E-state index contributed by atoms with van der Waals surface area (Å²) in [6.07, 6.45) is 1.72. The summed E-state index contributed by atoms with van der Waals surface area (Å²) in [6, 6.07) is 6.27. The number of benzene rings is 1. The molecule has 1 N–H and O–H groups in total. The van der Waals surface area contributed by atoms with Gasteiger partial charge in [0.25, 0.3) is 5.89 Å². The molecular formula is C16H15ClN4O4S. The van der Waals surface area contributed by atoms with Gasteiger partial charge >= 0.3 is 0 Å². The number of pyridine rings is 1. The number of sulfonamides is 1. The quantitative estimate of drug-likeness (QED) is 0.721. The molecule has 4 rings (SSSR count). The van der Waals surface area contributed by atoms with E-state index < -0.39 is 15.6 Å². The Bertz CT molecular complexity index is 1100. The molecule has 0 saturated carbocycles. The third-order valence-electron chi connectivity index (χ3n) is 4.44. The number of aromatic nitrogens is 3. The van der Waals surface area contributed by atoms with E-state index in [-0.39, 0.29) is 30.3 Å². The molecule has 136 valence electrons. The normalized spacial score (nSPS) is 21.5. The van der Waals surface area contributed by atoms with E-state index in [1.54, 1.807) is 25.3 Å². The first-order valence-corrected chi connectivity index (χ1v) is 9.70. The number of aryl methyl sites for hydroxylation is 1. The minimum Gasteiger partial charge on any atom is -0.379 e. The Kier molecular flexibility index (Phi) is 3.99. The topological polar surface area (TPSA) is 109 Å². The van der Waals surface area contributed by atoms with Gasteiger partial charge in [0.15, 0.2) is 11.4 Å². The Balaban J connectivity index is 1.74. The van der Waals surface area contributed by atoms with Crippen molar-refractivity contribution in [3.05, 3.63) is 47.2 Å². The van der Waals surface area contributed by atoms with Crippen molar-refractivity contribution < 1.29 is 18.0 Å². The van der Waals surface area contributed by atoms with Crippen molar-refractivity contribution >= 4 is 32.5 Å². The molecule has 0 bridgehead atoms. The van der Waals surface area contributed by atoms with Gasteiger partial charge < -0.3 is 9.63 Å². The maximum atomic E-state index is 13.2. The van der Waals surface area contributed by atoms with Crippen molar-refractivity contribution in [2.24, 2.45) is 0 Å². The Labute approximate surface area is 154 Å². The SMILES string of the molecule is Cc1noc([C@]2(O)CCN(S(=O)(=O)c3ccc(Cl)c4ncccc34)C2)n1. The number of halogens is 1. The summed E-state index contributed by atoms with van der Waals surface area (Å²) in [5, 5.41) is 15.3. The highest BCUT2D eigenvalue weighted by Crippen LogP contribution is 2.36. The van der Waals surface area contributed by atoms with Gasteiger partial charge in [0.1, 0.15) is 0 Å². The van der Waals surface area contributed by atoms with E-state index in [2.05, 4.69) is 15.1 Å². The Morgan fingerprint density at radius 2 is 2.15 bits per heavy atom. The van der Waals surface area contributed by atoms with Gasteiger partial charge in [-0.15, -0.1) is 0 Å². The summed E-state index contributed by atoms with van der Waals surface area (Å²) in [5.74, 6) is 0.403. The number of β-amino-alcohol motifs (C(OH)–C–C–N with tert-alkyl or cyclic N) is 1. The maximum Gasteiger partial charge on any atom is 0.260 e. The van der Waals surface area contributed by atoms with Gasteiger partial charge in [0.05, 0.1) is 22.0 Å². The van der Waals surface area contributed by atoms with Gasteiger partial charge in [0, 0.05) is 24.5 Å². The molecule has 1 aliphatic rings. The molecule has 2 aromatic heterocycles. The molecule has 0 amide bonds. The molecule has 0 unspecified atom stereocenters. The first-order chi connectivity index (χ1) is 12.3. The summed E-state index contributed by atoms with van der Waals surface area (Å²) in [7, 11) is -3.87. The van der Waals surface area contributed by atoms with Crippen LogP contribution >= 0.6 is 11.6 Å². The van der Waals surface area contributed by atoms with Gasteiger partial charge in [-0.1, -0.05) is 16.8 Å². The minimum absolute atomic E-state index is 0.0235. The lowest BCUT2D eigenvalue weighted by Crippen LogP contribution is -2.34. The summed E-state index contributed by atoms with van der Waals surface area (Å²) in [5.41, 5.74) is -1.09. The standard InChI is InChI=1S/C16H15ClN4O4S/c1-10-19-15(25-20-10)16(22)6-8-21(9-16)26(23,24)13-5-4-12(17)14-11(13)3-2-7-18-14/h2-5,7,22H,6,8-9H2,1H3/t16-/m0/s1. The molecule has 26 heavy (non-hydrogen) atoms. The van der Waals surface area contributed by atoms with E-state index in [0.29, 0.717) is 21.7 Å². The van der Waals surface area contributed by atoms with E-state index in [9.17, 15) is 13.5 Å². The molecule has 3 aromatic rings. The van der Waals surface area contributed by atoms with Crippen LogP contribution < -0.4 is 0 Å². The van der Waals surface area contributed by atoms with Gasteiger partial charge in [-0.05, 0) is 31.2 Å². The average Bonchev–Trinajstić information content (AvgIpc) is 3.23. The van der Waals surface area contributed by atoms with E-state index in [0.717, 1.165) is 0 Å². The van der Waals surface area contributed by atoms with Crippen LogP contribution in [0.5, 0.6) is 0 Å². The Hall–Kier alpha value is -2.07. The molecule has 1 saturated heterocycles. The van der Waals surface area contributed by atoms with E-state index in [1.807, 2.05) is 0 Å². The molecule has 0 aliphatic carbocycles. The van der Waals surface area contributed by atoms with Crippen LogP contribution in [0.3, 0.4) is 0 Å². The fourth-order valence-corrected chi connectivity index (χ4v) is 4.99. The van der Waals surface area contributed by atoms with Crippen molar-refractivity contribution in [1.29, 1.82) is 0 Å². The van der Waals surface area contributed by atoms with E-state index >= 15 is 0 Å². The van der Waals surface area contributed by atoms with Crippen LogP contribution in [-0.2, 0) is 15.6 Å². The monoisotopic (exact) mass is 394 g/mol. The third kappa shape index (κ3) is 2.67. The van der Waals surface area contributed by atoms with E-state index in [1.165, 1.54) is 16.4 Å². The molecule has 0 radical (unpaired) electrons. The lowest BCUT2D eigenvalue weighted by molar-refractivity contribution is 0.0194. The van der Waals surface area contributed by atoms with E-state index in [4.69, 9.17) is 16.1 Å². The summed E-state index contributed by atoms with van der Waals surface area (Å²) >= 11 is 6.13. The lowest BCUT2D eigenvalue weighted by atomic mass is 10.0. The van der Waals surface area contributed by atoms with Crippen molar-refractivity contribution in [1.82, 2.24) is 19.4 Å². The predicted octanol–water partition coefficient (Wildman–Crippen LogP) is 1.86. The number of rotatable bonds is 3. The van der Waals surface area contributed by atoms with Crippen molar-refractivity contribution in [2.45, 2.75) is 23.8 Å². The Morgan fingerprint density at radius 1 is 1.35 bits per heavy atom. The van der Waals surface area contributed by atoms with Crippen LogP contribution in [0.1, 0.15) is 18.1 Å². The number of fused-ring (bicyclic) bond motifs is 1. The van der Waals surface area contributed by atoms with Gasteiger partial charge in [-0.3, -0.25) is 4.98 Å². The second-order valence-corrected chi connectivity index (χ2v) is 8.53.